The van der Waals surface area contributed by atoms with E-state index in [-0.39, 0.29) is 35.0 Å². The van der Waals surface area contributed by atoms with Crippen LogP contribution in [-0.4, -0.2) is 61.5 Å². The first kappa shape index (κ1) is 28.1. The van der Waals surface area contributed by atoms with Crippen molar-refractivity contribution < 1.29 is 19.5 Å². The number of fused-ring (bicyclic) bond motifs is 2. The number of aliphatic hydroxyl groups is 1. The van der Waals surface area contributed by atoms with Gasteiger partial charge in [0.2, 0.25) is 5.91 Å². The zero-order chi connectivity index (χ0) is 27.0. The second kappa shape index (κ2) is 11.6. The van der Waals surface area contributed by atoms with Crippen LogP contribution >= 0.6 is 34.5 Å². The minimum atomic E-state index is -0.557. The van der Waals surface area contributed by atoms with Gasteiger partial charge in [-0.1, -0.05) is 50.0 Å². The first-order valence-corrected chi connectivity index (χ1v) is 15.3. The molecule has 1 aliphatic heterocycles. The molecule has 2 heterocycles. The van der Waals surface area contributed by atoms with Gasteiger partial charge in [0.05, 0.1) is 53.8 Å². The standard InChI is InChI=1S/C28H38Cl2N4O3S/c1-16(26(36)31-9-10-34-11-13-37-14-12-34)18-7-8-28(3)15-21-23(17(2)22(28)25(18)35)32-27(38-21)33-24-19(29)5-4-6-20(24)30/h4-6,16-18,22,25,35H,7-15H2,1-3H3,(H,31,36)(H,32,33)/p+1/t16-,17-,18-,22+,25-,28-/m0/s1. The lowest BCUT2D eigenvalue weighted by Gasteiger charge is -2.53. The normalized spacial score (nSPS) is 30.3. The highest BCUT2D eigenvalue weighted by molar-refractivity contribution is 7.15. The first-order chi connectivity index (χ1) is 18.2. The van der Waals surface area contributed by atoms with Crippen molar-refractivity contribution in [1.29, 1.82) is 0 Å². The number of amides is 1. The summed E-state index contributed by atoms with van der Waals surface area (Å²) in [5, 5.41) is 20.1. The van der Waals surface area contributed by atoms with Crippen molar-refractivity contribution in [3.63, 3.8) is 0 Å². The van der Waals surface area contributed by atoms with Crippen LogP contribution in [0.4, 0.5) is 10.8 Å². The average molecular weight is 583 g/mol. The number of anilines is 2. The van der Waals surface area contributed by atoms with Crippen molar-refractivity contribution >= 4 is 51.3 Å². The molecular formula is C28H39Cl2N4O3S+. The maximum absolute atomic E-state index is 13.1. The number of aromatic nitrogens is 1. The number of rotatable bonds is 7. The number of para-hydroxylation sites is 1. The Kier molecular flexibility index (Phi) is 8.58. The van der Waals surface area contributed by atoms with Gasteiger partial charge in [-0.25, -0.2) is 4.98 Å². The molecule has 208 valence electrons. The molecule has 0 spiro atoms. The predicted octanol–water partition coefficient (Wildman–Crippen LogP) is 3.91. The van der Waals surface area contributed by atoms with Crippen molar-refractivity contribution in [2.45, 2.75) is 52.1 Å². The highest BCUT2D eigenvalue weighted by Gasteiger charge is 2.53. The number of morpholine rings is 1. The smallest absolute Gasteiger partial charge is 0.223 e. The van der Waals surface area contributed by atoms with E-state index in [1.54, 1.807) is 23.5 Å². The minimum absolute atomic E-state index is 0.0376. The molecule has 1 aromatic carbocycles. The largest absolute Gasteiger partial charge is 0.392 e. The predicted molar refractivity (Wildman–Crippen MR) is 153 cm³/mol. The number of aliphatic hydroxyl groups excluding tert-OH is 1. The molecule has 1 saturated heterocycles. The number of hydrogen-bond acceptors (Lipinski definition) is 6. The van der Waals surface area contributed by atoms with Crippen molar-refractivity contribution in [1.82, 2.24) is 10.3 Å². The van der Waals surface area contributed by atoms with E-state index >= 15 is 0 Å². The lowest BCUT2D eigenvalue weighted by Crippen LogP contribution is -3.14. The molecule has 6 atom stereocenters. The lowest BCUT2D eigenvalue weighted by molar-refractivity contribution is -0.906. The summed E-state index contributed by atoms with van der Waals surface area (Å²) in [6.45, 7) is 11.6. The molecule has 1 aromatic heterocycles. The molecule has 1 saturated carbocycles. The zero-order valence-corrected chi connectivity index (χ0v) is 24.7. The van der Waals surface area contributed by atoms with Crippen molar-refractivity contribution in [3.8, 4) is 0 Å². The molecule has 1 amide bonds. The molecule has 3 aliphatic rings. The number of nitrogens with one attached hydrogen (secondary N) is 3. The zero-order valence-electron chi connectivity index (χ0n) is 22.4. The van der Waals surface area contributed by atoms with Gasteiger partial charge >= 0.3 is 0 Å². The fraction of sp³-hybridized carbons (Fsp3) is 0.643. The average Bonchev–Trinajstić information content (AvgIpc) is 3.29. The van der Waals surface area contributed by atoms with Crippen LogP contribution in [0.5, 0.6) is 0 Å². The third-order valence-electron chi connectivity index (χ3n) is 9.15. The van der Waals surface area contributed by atoms with Crippen LogP contribution in [0.15, 0.2) is 18.2 Å². The van der Waals surface area contributed by atoms with E-state index in [0.717, 1.165) is 62.9 Å². The van der Waals surface area contributed by atoms with Gasteiger partial charge in [-0.3, -0.25) is 4.79 Å². The van der Waals surface area contributed by atoms with Gasteiger partial charge in [-0.2, -0.15) is 0 Å². The molecule has 0 radical (unpaired) electrons. The van der Waals surface area contributed by atoms with E-state index in [1.807, 2.05) is 13.0 Å². The second-order valence-electron chi connectivity index (χ2n) is 11.6. The van der Waals surface area contributed by atoms with Crippen molar-refractivity contribution in [2.75, 3.05) is 44.7 Å². The quantitative estimate of drug-likeness (QED) is 0.398. The summed E-state index contributed by atoms with van der Waals surface area (Å²) in [5.74, 6) is -0.133. The summed E-state index contributed by atoms with van der Waals surface area (Å²) >= 11 is 14.4. The fourth-order valence-electron chi connectivity index (χ4n) is 6.95. The molecule has 2 fully saturated rings. The summed E-state index contributed by atoms with van der Waals surface area (Å²) in [6.07, 6.45) is 2.15. The maximum atomic E-state index is 13.1. The number of hydrogen-bond donors (Lipinski definition) is 4. The Morgan fingerprint density at radius 1 is 1.32 bits per heavy atom. The minimum Gasteiger partial charge on any atom is -0.392 e. The Hall–Kier alpha value is -1.42. The molecule has 7 nitrogen and oxygen atoms in total. The number of quaternary nitrogens is 1. The van der Waals surface area contributed by atoms with Crippen molar-refractivity contribution in [2.24, 2.45) is 23.2 Å². The molecule has 4 N–H and O–H groups in total. The Morgan fingerprint density at radius 2 is 2.03 bits per heavy atom. The van der Waals surface area contributed by atoms with Crippen LogP contribution in [0.25, 0.3) is 0 Å². The van der Waals surface area contributed by atoms with Crippen LogP contribution < -0.4 is 15.5 Å². The van der Waals surface area contributed by atoms with Gasteiger partial charge in [0.25, 0.3) is 0 Å². The van der Waals surface area contributed by atoms with E-state index in [2.05, 4.69) is 24.5 Å². The summed E-state index contributed by atoms with van der Waals surface area (Å²) in [5.41, 5.74) is 1.66. The van der Waals surface area contributed by atoms with Gasteiger partial charge in [0, 0.05) is 16.7 Å². The molecule has 38 heavy (non-hydrogen) atoms. The number of halogens is 2. The first-order valence-electron chi connectivity index (χ1n) is 13.8. The Balaban J connectivity index is 1.26. The SMILES string of the molecule is C[C@H](C(=O)NCC[NH+]1CCOCC1)[C@@H]1CC[C@@]2(C)Cc3sc(Nc4c(Cl)cccc4Cl)nc3[C@@H](C)[C@@H]2[C@H]1O. The van der Waals surface area contributed by atoms with E-state index < -0.39 is 6.10 Å². The van der Waals surface area contributed by atoms with Gasteiger partial charge in [-0.15, -0.1) is 11.3 Å². The number of carbonyl (C=O) groups excluding carboxylic acids is 1. The maximum Gasteiger partial charge on any atom is 0.223 e. The van der Waals surface area contributed by atoms with Crippen LogP contribution in [0, 0.1) is 23.2 Å². The molecular weight excluding hydrogens is 543 g/mol. The van der Waals surface area contributed by atoms with Gasteiger partial charge in [0.15, 0.2) is 5.13 Å². The van der Waals surface area contributed by atoms with E-state index in [1.165, 1.54) is 9.78 Å². The molecule has 2 aromatic rings. The Bertz CT molecular complexity index is 1140. The molecule has 2 aliphatic carbocycles. The molecule has 10 heteroatoms. The van der Waals surface area contributed by atoms with Crippen LogP contribution in [0.1, 0.15) is 50.1 Å². The fourth-order valence-corrected chi connectivity index (χ4v) is 8.71. The van der Waals surface area contributed by atoms with Crippen LogP contribution in [0.3, 0.4) is 0 Å². The monoisotopic (exact) mass is 581 g/mol. The number of nitrogens with zero attached hydrogens (tertiary/aromatic N) is 1. The third kappa shape index (κ3) is 5.58. The topological polar surface area (TPSA) is 87.9 Å². The molecule has 0 bridgehead atoms. The number of ether oxygens (including phenoxy) is 1. The Morgan fingerprint density at radius 3 is 2.74 bits per heavy atom. The summed E-state index contributed by atoms with van der Waals surface area (Å²) in [4.78, 5) is 20.8. The van der Waals surface area contributed by atoms with Crippen LogP contribution in [0.2, 0.25) is 10.0 Å². The van der Waals surface area contributed by atoms with Crippen LogP contribution in [-0.2, 0) is 16.0 Å². The number of thiazole rings is 1. The third-order valence-corrected chi connectivity index (χ3v) is 10.8. The van der Waals surface area contributed by atoms with E-state index in [9.17, 15) is 9.90 Å². The van der Waals surface area contributed by atoms with Crippen molar-refractivity contribution in [3.05, 3.63) is 38.8 Å². The molecule has 5 rings (SSSR count). The highest BCUT2D eigenvalue weighted by atomic mass is 35.5. The van der Waals surface area contributed by atoms with Gasteiger partial charge in [0.1, 0.15) is 13.1 Å². The van der Waals surface area contributed by atoms with E-state index in [0.29, 0.717) is 22.3 Å². The van der Waals surface area contributed by atoms with Gasteiger partial charge < -0.3 is 25.4 Å². The van der Waals surface area contributed by atoms with Gasteiger partial charge in [-0.05, 0) is 48.6 Å². The highest BCUT2D eigenvalue weighted by Crippen LogP contribution is 2.57. The summed E-state index contributed by atoms with van der Waals surface area (Å²) in [7, 11) is 0. The number of benzene rings is 1. The lowest BCUT2D eigenvalue weighted by atomic mass is 9.53. The second-order valence-corrected chi connectivity index (χ2v) is 13.5. The molecule has 0 unspecified atom stereocenters. The summed E-state index contributed by atoms with van der Waals surface area (Å²) < 4.78 is 5.42. The van der Waals surface area contributed by atoms with E-state index in [4.69, 9.17) is 32.9 Å². The Labute approximate surface area is 239 Å². The number of carbonyl (C=O) groups is 1. The summed E-state index contributed by atoms with van der Waals surface area (Å²) in [6, 6.07) is 5.43.